The number of thiophene rings is 1. The number of aromatic nitrogens is 2. The molecule has 0 spiro atoms. The first-order valence-electron chi connectivity index (χ1n) is 6.42. The van der Waals surface area contributed by atoms with Crippen LogP contribution >= 0.6 is 11.3 Å². The molecule has 3 rings (SSSR count). The molecular weight excluding hydrogens is 262 g/mol. The van der Waals surface area contributed by atoms with Crippen LogP contribution in [0.3, 0.4) is 0 Å². The monoisotopic (exact) mass is 279 g/mol. The van der Waals surface area contributed by atoms with Gasteiger partial charge in [0.25, 0.3) is 5.89 Å². The third-order valence-corrected chi connectivity index (χ3v) is 4.69. The predicted molar refractivity (Wildman–Crippen MR) is 73.9 cm³/mol. The van der Waals surface area contributed by atoms with Gasteiger partial charge in [-0.25, -0.2) is 0 Å². The zero-order valence-corrected chi connectivity index (χ0v) is 11.9. The Bertz CT molecular complexity index is 584. The van der Waals surface area contributed by atoms with Gasteiger partial charge < -0.3 is 15.0 Å². The highest BCUT2D eigenvalue weighted by Gasteiger charge is 2.35. The van der Waals surface area contributed by atoms with E-state index in [2.05, 4.69) is 10.1 Å². The molecule has 1 fully saturated rings. The molecule has 102 valence electrons. The second-order valence-corrected chi connectivity index (χ2v) is 6.00. The number of nitrogens with two attached hydrogens (primary N) is 1. The fourth-order valence-corrected chi connectivity index (χ4v) is 3.15. The SMILES string of the molecule is Cc1csc(-c2nc(C3(C)CCCCO3)no2)c1N. The fourth-order valence-electron chi connectivity index (χ4n) is 2.26. The summed E-state index contributed by atoms with van der Waals surface area (Å²) in [6.45, 7) is 4.74. The maximum Gasteiger partial charge on any atom is 0.270 e. The zero-order chi connectivity index (χ0) is 13.5. The van der Waals surface area contributed by atoms with Crippen molar-refractivity contribution in [3.63, 3.8) is 0 Å². The predicted octanol–water partition coefficient (Wildman–Crippen LogP) is 3.10. The van der Waals surface area contributed by atoms with E-state index in [1.54, 1.807) is 0 Å². The van der Waals surface area contributed by atoms with Crippen molar-refractivity contribution in [1.82, 2.24) is 10.1 Å². The number of rotatable bonds is 2. The molecular formula is C13H17N3O2S. The Morgan fingerprint density at radius 3 is 2.89 bits per heavy atom. The van der Waals surface area contributed by atoms with Crippen molar-refractivity contribution in [3.05, 3.63) is 16.8 Å². The summed E-state index contributed by atoms with van der Waals surface area (Å²) >= 11 is 1.53. The highest BCUT2D eigenvalue weighted by molar-refractivity contribution is 7.14. The van der Waals surface area contributed by atoms with Crippen LogP contribution in [0.15, 0.2) is 9.90 Å². The first kappa shape index (κ1) is 12.6. The second-order valence-electron chi connectivity index (χ2n) is 5.12. The van der Waals surface area contributed by atoms with E-state index in [9.17, 15) is 0 Å². The van der Waals surface area contributed by atoms with E-state index >= 15 is 0 Å². The van der Waals surface area contributed by atoms with Crippen LogP contribution in [0.25, 0.3) is 10.8 Å². The van der Waals surface area contributed by atoms with Crippen LogP contribution in [0.4, 0.5) is 5.69 Å². The van der Waals surface area contributed by atoms with Crippen molar-refractivity contribution in [1.29, 1.82) is 0 Å². The molecule has 5 nitrogen and oxygen atoms in total. The Hall–Kier alpha value is -1.40. The van der Waals surface area contributed by atoms with Crippen LogP contribution in [-0.2, 0) is 10.3 Å². The van der Waals surface area contributed by atoms with Crippen LogP contribution in [0.5, 0.6) is 0 Å². The Labute approximate surface area is 115 Å². The summed E-state index contributed by atoms with van der Waals surface area (Å²) in [5.41, 5.74) is 7.34. The van der Waals surface area contributed by atoms with Crippen LogP contribution in [0.2, 0.25) is 0 Å². The van der Waals surface area contributed by atoms with Gasteiger partial charge in [0.15, 0.2) is 0 Å². The molecule has 1 aliphatic heterocycles. The van der Waals surface area contributed by atoms with E-state index in [0.29, 0.717) is 11.7 Å². The Morgan fingerprint density at radius 2 is 2.26 bits per heavy atom. The van der Waals surface area contributed by atoms with Crippen LogP contribution in [0, 0.1) is 6.92 Å². The van der Waals surface area contributed by atoms with Crippen molar-refractivity contribution < 1.29 is 9.26 Å². The lowest BCUT2D eigenvalue weighted by molar-refractivity contribution is -0.0770. The third kappa shape index (κ3) is 2.15. The minimum Gasteiger partial charge on any atom is -0.397 e. The van der Waals surface area contributed by atoms with Gasteiger partial charge in [0, 0.05) is 6.61 Å². The van der Waals surface area contributed by atoms with Gasteiger partial charge in [-0.3, -0.25) is 0 Å². The number of hydrogen-bond acceptors (Lipinski definition) is 6. The van der Waals surface area contributed by atoms with Gasteiger partial charge in [0.2, 0.25) is 5.82 Å². The number of hydrogen-bond donors (Lipinski definition) is 1. The van der Waals surface area contributed by atoms with Gasteiger partial charge in [-0.2, -0.15) is 4.98 Å². The zero-order valence-electron chi connectivity index (χ0n) is 11.1. The largest absolute Gasteiger partial charge is 0.397 e. The topological polar surface area (TPSA) is 74.2 Å². The molecule has 0 aliphatic carbocycles. The van der Waals surface area contributed by atoms with E-state index in [-0.39, 0.29) is 0 Å². The van der Waals surface area contributed by atoms with E-state index in [0.717, 1.165) is 42.0 Å². The van der Waals surface area contributed by atoms with Crippen molar-refractivity contribution in [2.75, 3.05) is 12.3 Å². The maximum absolute atomic E-state index is 6.01. The lowest BCUT2D eigenvalue weighted by Gasteiger charge is -2.30. The normalized spacial score (nSPS) is 23.7. The summed E-state index contributed by atoms with van der Waals surface area (Å²) in [6.07, 6.45) is 3.14. The first-order chi connectivity index (χ1) is 9.10. The molecule has 1 unspecified atom stereocenters. The van der Waals surface area contributed by atoms with E-state index in [4.69, 9.17) is 15.0 Å². The van der Waals surface area contributed by atoms with Crippen molar-refractivity contribution in [2.24, 2.45) is 0 Å². The summed E-state index contributed by atoms with van der Waals surface area (Å²) < 4.78 is 11.2. The van der Waals surface area contributed by atoms with E-state index in [1.807, 2.05) is 19.2 Å². The highest BCUT2D eigenvalue weighted by Crippen LogP contribution is 2.37. The minimum absolute atomic E-state index is 0.429. The number of aryl methyl sites for hydroxylation is 1. The summed E-state index contributed by atoms with van der Waals surface area (Å²) in [5.74, 6) is 1.11. The average Bonchev–Trinajstić information content (AvgIpc) is 3.00. The summed E-state index contributed by atoms with van der Waals surface area (Å²) in [6, 6.07) is 0. The van der Waals surface area contributed by atoms with Gasteiger partial charge >= 0.3 is 0 Å². The number of anilines is 1. The number of nitrogen functional groups attached to an aromatic ring is 1. The van der Waals surface area contributed by atoms with Crippen molar-refractivity contribution in [2.45, 2.75) is 38.7 Å². The second kappa shape index (κ2) is 4.61. The minimum atomic E-state index is -0.429. The van der Waals surface area contributed by atoms with Crippen LogP contribution in [-0.4, -0.2) is 16.7 Å². The number of nitrogens with zero attached hydrogens (tertiary/aromatic N) is 2. The fraction of sp³-hybridized carbons (Fsp3) is 0.538. The highest BCUT2D eigenvalue weighted by atomic mass is 32.1. The Kier molecular flexibility index (Phi) is 3.06. The summed E-state index contributed by atoms with van der Waals surface area (Å²) in [5, 5.41) is 6.07. The Balaban J connectivity index is 1.93. The smallest absolute Gasteiger partial charge is 0.270 e. The Morgan fingerprint density at radius 1 is 1.42 bits per heavy atom. The lowest BCUT2D eigenvalue weighted by Crippen LogP contribution is -2.31. The summed E-state index contributed by atoms with van der Waals surface area (Å²) in [7, 11) is 0. The number of ether oxygens (including phenoxy) is 1. The van der Waals surface area contributed by atoms with Gasteiger partial charge in [0.05, 0.1) is 5.69 Å². The molecule has 1 aliphatic rings. The lowest BCUT2D eigenvalue weighted by atomic mass is 9.95. The third-order valence-electron chi connectivity index (χ3n) is 3.59. The molecule has 19 heavy (non-hydrogen) atoms. The van der Waals surface area contributed by atoms with Gasteiger partial charge in [-0.1, -0.05) is 5.16 Å². The quantitative estimate of drug-likeness (QED) is 0.914. The van der Waals surface area contributed by atoms with Crippen LogP contribution in [0.1, 0.15) is 37.6 Å². The molecule has 0 radical (unpaired) electrons. The van der Waals surface area contributed by atoms with Crippen molar-refractivity contribution in [3.8, 4) is 10.8 Å². The van der Waals surface area contributed by atoms with E-state index < -0.39 is 5.60 Å². The molecule has 6 heteroatoms. The molecule has 1 atom stereocenters. The molecule has 1 saturated heterocycles. The summed E-state index contributed by atoms with van der Waals surface area (Å²) in [4.78, 5) is 5.32. The molecule has 2 aromatic rings. The van der Waals surface area contributed by atoms with Gasteiger partial charge in [-0.05, 0) is 44.1 Å². The average molecular weight is 279 g/mol. The molecule has 2 aromatic heterocycles. The molecule has 2 N–H and O–H groups in total. The van der Waals surface area contributed by atoms with Gasteiger partial charge in [0.1, 0.15) is 10.5 Å². The maximum atomic E-state index is 6.01. The van der Waals surface area contributed by atoms with Crippen molar-refractivity contribution >= 4 is 17.0 Å². The first-order valence-corrected chi connectivity index (χ1v) is 7.30. The van der Waals surface area contributed by atoms with Gasteiger partial charge in [-0.15, -0.1) is 11.3 Å². The molecule has 0 aromatic carbocycles. The van der Waals surface area contributed by atoms with Crippen LogP contribution < -0.4 is 5.73 Å². The molecule has 0 bridgehead atoms. The standard InChI is InChI=1S/C13H17N3O2S/c1-8-7-19-10(9(8)14)11-15-12(16-18-11)13(2)5-3-4-6-17-13/h7H,3-6,14H2,1-2H3. The molecule has 0 saturated carbocycles. The molecule has 0 amide bonds. The van der Waals surface area contributed by atoms with E-state index in [1.165, 1.54) is 11.3 Å². The molecule has 3 heterocycles.